The third kappa shape index (κ3) is 4.23. The van der Waals surface area contributed by atoms with E-state index in [0.29, 0.717) is 11.1 Å². The molecule has 1 heterocycles. The SMILES string of the molecule is O=C(Cn1cc[n+](CC(=O)c2ccc(F)cc2)c1)c1ccc(F)cc1. The smallest absolute Gasteiger partial charge is 0.244 e. The summed E-state index contributed by atoms with van der Waals surface area (Å²) in [5.41, 5.74) is 0.841. The van der Waals surface area contributed by atoms with E-state index in [1.54, 1.807) is 27.9 Å². The number of halogens is 2. The summed E-state index contributed by atoms with van der Waals surface area (Å²) in [7, 11) is 0. The average molecular weight is 341 g/mol. The molecule has 0 radical (unpaired) electrons. The lowest BCUT2D eigenvalue weighted by molar-refractivity contribution is -0.682. The van der Waals surface area contributed by atoms with Gasteiger partial charge in [0.15, 0.2) is 13.1 Å². The number of carbonyl (C=O) groups is 2. The van der Waals surface area contributed by atoms with Crippen LogP contribution in [0.15, 0.2) is 67.3 Å². The van der Waals surface area contributed by atoms with Crippen LogP contribution in [-0.2, 0) is 13.1 Å². The van der Waals surface area contributed by atoms with Gasteiger partial charge in [0.25, 0.3) is 0 Å². The van der Waals surface area contributed by atoms with Crippen LogP contribution in [0.1, 0.15) is 20.7 Å². The van der Waals surface area contributed by atoms with Crippen LogP contribution >= 0.6 is 0 Å². The Hall–Kier alpha value is -3.15. The van der Waals surface area contributed by atoms with Gasteiger partial charge in [-0.15, -0.1) is 0 Å². The van der Waals surface area contributed by atoms with E-state index in [-0.39, 0.29) is 24.7 Å². The zero-order chi connectivity index (χ0) is 17.8. The topological polar surface area (TPSA) is 43.0 Å². The standard InChI is InChI=1S/C19H15F2N2O2/c20-16-5-1-14(2-6-16)18(24)11-22-9-10-23(13-22)12-19(25)15-3-7-17(21)8-4-15/h1-10,13H,11-12H2/q+1. The van der Waals surface area contributed by atoms with Gasteiger partial charge in [-0.25, -0.2) is 17.9 Å². The molecule has 0 bridgehead atoms. The molecular weight excluding hydrogens is 326 g/mol. The minimum absolute atomic E-state index is 0.0867. The van der Waals surface area contributed by atoms with E-state index in [1.807, 2.05) is 0 Å². The van der Waals surface area contributed by atoms with Crippen molar-refractivity contribution in [1.29, 1.82) is 0 Å². The van der Waals surface area contributed by atoms with Gasteiger partial charge in [-0.3, -0.25) is 9.59 Å². The van der Waals surface area contributed by atoms with Gasteiger partial charge >= 0.3 is 0 Å². The molecule has 0 unspecified atom stereocenters. The number of carbonyl (C=O) groups excluding carboxylic acids is 2. The van der Waals surface area contributed by atoms with Gasteiger partial charge in [0.05, 0.1) is 0 Å². The highest BCUT2D eigenvalue weighted by atomic mass is 19.1. The maximum absolute atomic E-state index is 12.9. The Bertz CT molecular complexity index is 826. The van der Waals surface area contributed by atoms with Crippen molar-refractivity contribution in [2.24, 2.45) is 0 Å². The fraction of sp³-hybridized carbons (Fsp3) is 0.105. The molecule has 0 N–H and O–H groups in total. The van der Waals surface area contributed by atoms with Gasteiger partial charge in [-0.05, 0) is 48.5 Å². The van der Waals surface area contributed by atoms with Crippen LogP contribution < -0.4 is 4.57 Å². The van der Waals surface area contributed by atoms with Gasteiger partial charge < -0.3 is 0 Å². The monoisotopic (exact) mass is 341 g/mol. The van der Waals surface area contributed by atoms with Crippen molar-refractivity contribution in [3.05, 3.63) is 90.0 Å². The van der Waals surface area contributed by atoms with Crippen LogP contribution in [0.3, 0.4) is 0 Å². The molecule has 0 amide bonds. The van der Waals surface area contributed by atoms with E-state index >= 15 is 0 Å². The minimum atomic E-state index is -0.394. The van der Waals surface area contributed by atoms with E-state index in [1.165, 1.54) is 48.5 Å². The third-order valence-corrected chi connectivity index (χ3v) is 3.73. The summed E-state index contributed by atoms with van der Waals surface area (Å²) < 4.78 is 29.1. The lowest BCUT2D eigenvalue weighted by atomic mass is 10.1. The molecule has 3 aromatic rings. The molecule has 0 aliphatic heterocycles. The molecule has 0 atom stereocenters. The summed E-state index contributed by atoms with van der Waals surface area (Å²) in [4.78, 5) is 24.3. The number of benzene rings is 2. The Morgan fingerprint density at radius 1 is 0.840 bits per heavy atom. The minimum Gasteiger partial charge on any atom is -0.290 e. The van der Waals surface area contributed by atoms with Gasteiger partial charge in [-0.2, -0.15) is 0 Å². The van der Waals surface area contributed by atoms with Gasteiger partial charge in [0, 0.05) is 11.1 Å². The molecule has 2 aromatic carbocycles. The van der Waals surface area contributed by atoms with Crippen molar-refractivity contribution in [3.63, 3.8) is 0 Å². The maximum Gasteiger partial charge on any atom is 0.244 e. The molecule has 0 fully saturated rings. The Balaban J connectivity index is 1.64. The van der Waals surface area contributed by atoms with Gasteiger partial charge in [0.1, 0.15) is 24.0 Å². The van der Waals surface area contributed by atoms with Crippen molar-refractivity contribution >= 4 is 11.6 Å². The van der Waals surface area contributed by atoms with Crippen LogP contribution in [0.4, 0.5) is 8.78 Å². The summed E-state index contributed by atoms with van der Waals surface area (Å²) in [6.07, 6.45) is 5.00. The summed E-state index contributed by atoms with van der Waals surface area (Å²) in [5.74, 6) is -1.11. The fourth-order valence-electron chi connectivity index (χ4n) is 2.41. The van der Waals surface area contributed by atoms with Crippen molar-refractivity contribution in [2.75, 3.05) is 0 Å². The number of hydrogen-bond donors (Lipinski definition) is 0. The van der Waals surface area contributed by atoms with Crippen LogP contribution in [0, 0.1) is 11.6 Å². The van der Waals surface area contributed by atoms with Gasteiger partial charge in [0.2, 0.25) is 17.9 Å². The first-order chi connectivity index (χ1) is 12.0. The Kier molecular flexibility index (Phi) is 4.79. The van der Waals surface area contributed by atoms with E-state index in [0.717, 1.165) is 0 Å². The summed E-state index contributed by atoms with van der Waals surface area (Å²) >= 11 is 0. The number of rotatable bonds is 6. The number of hydrogen-bond acceptors (Lipinski definition) is 2. The normalized spacial score (nSPS) is 10.6. The first kappa shape index (κ1) is 16.7. The molecule has 1 aromatic heterocycles. The quantitative estimate of drug-likeness (QED) is 0.511. The van der Waals surface area contributed by atoms with E-state index in [2.05, 4.69) is 0 Å². The fourth-order valence-corrected chi connectivity index (χ4v) is 2.41. The second kappa shape index (κ2) is 7.17. The molecular formula is C19H15F2N2O2+. The number of imidazole rings is 1. The van der Waals surface area contributed by atoms with Crippen LogP contribution in [-0.4, -0.2) is 16.1 Å². The lowest BCUT2D eigenvalue weighted by Gasteiger charge is -1.99. The largest absolute Gasteiger partial charge is 0.290 e. The average Bonchev–Trinajstić information content (AvgIpc) is 3.02. The van der Waals surface area contributed by atoms with Crippen molar-refractivity contribution in [2.45, 2.75) is 13.1 Å². The van der Waals surface area contributed by atoms with Crippen LogP contribution in [0.5, 0.6) is 0 Å². The number of aromatic nitrogens is 2. The van der Waals surface area contributed by atoms with Crippen LogP contribution in [0.25, 0.3) is 0 Å². The summed E-state index contributed by atoms with van der Waals surface area (Å²) in [5, 5.41) is 0. The van der Waals surface area contributed by atoms with Crippen molar-refractivity contribution < 1.29 is 22.9 Å². The number of nitrogens with zero attached hydrogens (tertiary/aromatic N) is 2. The molecule has 25 heavy (non-hydrogen) atoms. The molecule has 126 valence electrons. The predicted molar refractivity (Wildman–Crippen MR) is 86.1 cm³/mol. The van der Waals surface area contributed by atoms with E-state index in [4.69, 9.17) is 0 Å². The highest BCUT2D eigenvalue weighted by Crippen LogP contribution is 2.06. The highest BCUT2D eigenvalue weighted by molar-refractivity contribution is 5.96. The summed E-state index contributed by atoms with van der Waals surface area (Å²) in [6, 6.07) is 10.7. The van der Waals surface area contributed by atoms with Crippen molar-refractivity contribution in [3.8, 4) is 0 Å². The highest BCUT2D eigenvalue weighted by Gasteiger charge is 2.14. The number of ketones is 2. The third-order valence-electron chi connectivity index (χ3n) is 3.73. The molecule has 0 aliphatic rings. The second-order valence-corrected chi connectivity index (χ2v) is 5.62. The molecule has 0 spiro atoms. The van der Waals surface area contributed by atoms with Crippen LogP contribution in [0.2, 0.25) is 0 Å². The summed E-state index contributed by atoms with van der Waals surface area (Å²) in [6.45, 7) is 0.173. The molecule has 0 saturated heterocycles. The first-order valence-electron chi connectivity index (χ1n) is 7.63. The van der Waals surface area contributed by atoms with E-state index in [9.17, 15) is 18.4 Å². The Morgan fingerprint density at radius 2 is 1.36 bits per heavy atom. The molecule has 0 saturated carbocycles. The van der Waals surface area contributed by atoms with E-state index < -0.39 is 11.6 Å². The predicted octanol–water partition coefficient (Wildman–Crippen LogP) is 2.82. The zero-order valence-electron chi connectivity index (χ0n) is 13.2. The van der Waals surface area contributed by atoms with Gasteiger partial charge in [-0.1, -0.05) is 0 Å². The molecule has 3 rings (SSSR count). The molecule has 0 aliphatic carbocycles. The van der Waals surface area contributed by atoms with Crippen molar-refractivity contribution in [1.82, 2.24) is 4.57 Å². The maximum atomic E-state index is 12.9. The first-order valence-corrected chi connectivity index (χ1v) is 7.63. The molecule has 4 nitrogen and oxygen atoms in total. The second-order valence-electron chi connectivity index (χ2n) is 5.62. The Morgan fingerprint density at radius 3 is 1.92 bits per heavy atom. The zero-order valence-corrected chi connectivity index (χ0v) is 13.2. The molecule has 6 heteroatoms. The number of Topliss-reactive ketones (excluding diaryl/α,β-unsaturated/α-hetero) is 2. The lowest BCUT2D eigenvalue weighted by Crippen LogP contribution is -2.36. The Labute approximate surface area is 143 Å².